The average Bonchev–Trinajstić information content (AvgIpc) is 3.44. The lowest BCUT2D eigenvalue weighted by atomic mass is 10.1. The maximum absolute atomic E-state index is 12.3. The van der Waals surface area contributed by atoms with Crippen LogP contribution in [0.15, 0.2) is 41.8 Å². The SMILES string of the molecule is CNC(=O)c1ccc(CN(CC(=O)NC(=O)NCCc2cccs2)C2CC2)cc1. The van der Waals surface area contributed by atoms with Crippen molar-refractivity contribution in [2.75, 3.05) is 20.1 Å². The summed E-state index contributed by atoms with van der Waals surface area (Å²) >= 11 is 1.64. The number of nitrogens with zero attached hydrogens (tertiary/aromatic N) is 1. The van der Waals surface area contributed by atoms with E-state index in [1.807, 2.05) is 29.6 Å². The van der Waals surface area contributed by atoms with Gasteiger partial charge in [0, 0.05) is 36.6 Å². The van der Waals surface area contributed by atoms with Gasteiger partial charge in [-0.05, 0) is 48.4 Å². The first kappa shape index (κ1) is 21.0. The molecule has 8 heteroatoms. The Morgan fingerprint density at radius 1 is 1.14 bits per heavy atom. The fourth-order valence-corrected chi connectivity index (χ4v) is 3.75. The number of nitrogens with one attached hydrogen (secondary N) is 3. The molecule has 29 heavy (non-hydrogen) atoms. The molecule has 3 rings (SSSR count). The third kappa shape index (κ3) is 6.69. The van der Waals surface area contributed by atoms with Crippen LogP contribution in [0.2, 0.25) is 0 Å². The number of carbonyl (C=O) groups is 3. The van der Waals surface area contributed by atoms with Crippen LogP contribution in [0.1, 0.15) is 33.6 Å². The summed E-state index contributed by atoms with van der Waals surface area (Å²) in [6.07, 6.45) is 2.85. The zero-order valence-corrected chi connectivity index (χ0v) is 17.3. The van der Waals surface area contributed by atoms with E-state index in [-0.39, 0.29) is 18.4 Å². The van der Waals surface area contributed by atoms with Gasteiger partial charge in [0.1, 0.15) is 0 Å². The molecule has 1 aliphatic carbocycles. The van der Waals surface area contributed by atoms with E-state index in [4.69, 9.17) is 0 Å². The molecule has 3 N–H and O–H groups in total. The highest BCUT2D eigenvalue weighted by molar-refractivity contribution is 7.09. The lowest BCUT2D eigenvalue weighted by Crippen LogP contribution is -2.45. The van der Waals surface area contributed by atoms with Gasteiger partial charge in [-0.25, -0.2) is 4.79 Å². The first-order valence-electron chi connectivity index (χ1n) is 9.70. The smallest absolute Gasteiger partial charge is 0.321 e. The van der Waals surface area contributed by atoms with Gasteiger partial charge in [-0.3, -0.25) is 19.8 Å². The monoisotopic (exact) mass is 414 g/mol. The molecule has 0 radical (unpaired) electrons. The summed E-state index contributed by atoms with van der Waals surface area (Å²) in [7, 11) is 1.60. The van der Waals surface area contributed by atoms with Crippen LogP contribution in [0, 0.1) is 0 Å². The molecule has 2 aromatic rings. The molecule has 0 spiro atoms. The molecular formula is C21H26N4O3S. The molecule has 0 aliphatic heterocycles. The second-order valence-electron chi connectivity index (χ2n) is 7.05. The third-order valence-corrected chi connectivity index (χ3v) is 5.67. The first-order valence-corrected chi connectivity index (χ1v) is 10.6. The molecular weight excluding hydrogens is 388 g/mol. The van der Waals surface area contributed by atoms with Crippen molar-refractivity contribution >= 4 is 29.2 Å². The van der Waals surface area contributed by atoms with E-state index >= 15 is 0 Å². The normalized spacial score (nSPS) is 13.2. The largest absolute Gasteiger partial charge is 0.355 e. The number of imide groups is 1. The number of rotatable bonds is 9. The quantitative estimate of drug-likeness (QED) is 0.586. The van der Waals surface area contributed by atoms with Crippen molar-refractivity contribution in [3.63, 3.8) is 0 Å². The second-order valence-corrected chi connectivity index (χ2v) is 8.08. The van der Waals surface area contributed by atoms with Crippen molar-refractivity contribution in [3.8, 4) is 0 Å². The minimum absolute atomic E-state index is 0.125. The van der Waals surface area contributed by atoms with E-state index < -0.39 is 6.03 Å². The van der Waals surface area contributed by atoms with Crippen LogP contribution in [0.3, 0.4) is 0 Å². The topological polar surface area (TPSA) is 90.5 Å². The molecule has 1 fully saturated rings. The highest BCUT2D eigenvalue weighted by Crippen LogP contribution is 2.28. The molecule has 1 saturated carbocycles. The molecule has 1 heterocycles. The standard InChI is InChI=1S/C21H26N4O3S/c1-22-20(27)16-6-4-15(5-7-16)13-25(17-8-9-17)14-19(26)24-21(28)23-11-10-18-3-2-12-29-18/h2-7,12,17H,8-11,13-14H2,1H3,(H,22,27)(H2,23,24,26,28). The summed E-state index contributed by atoms with van der Waals surface area (Å²) in [5, 5.41) is 9.73. The lowest BCUT2D eigenvalue weighted by Gasteiger charge is -2.21. The maximum atomic E-state index is 12.3. The lowest BCUT2D eigenvalue weighted by molar-refractivity contribution is -0.121. The number of benzene rings is 1. The summed E-state index contributed by atoms with van der Waals surface area (Å²) in [6.45, 7) is 1.26. The van der Waals surface area contributed by atoms with E-state index in [1.54, 1.807) is 30.5 Å². The highest BCUT2D eigenvalue weighted by Gasteiger charge is 2.30. The van der Waals surface area contributed by atoms with E-state index in [0.717, 1.165) is 24.8 Å². The summed E-state index contributed by atoms with van der Waals surface area (Å²) in [5.41, 5.74) is 1.63. The Labute approximate surface area is 174 Å². The van der Waals surface area contributed by atoms with Gasteiger partial charge < -0.3 is 10.6 Å². The fourth-order valence-electron chi connectivity index (χ4n) is 3.04. The van der Waals surface area contributed by atoms with Gasteiger partial charge in [-0.1, -0.05) is 18.2 Å². The Balaban J connectivity index is 1.45. The van der Waals surface area contributed by atoms with Crippen molar-refractivity contribution < 1.29 is 14.4 Å². The van der Waals surface area contributed by atoms with Crippen LogP contribution in [-0.4, -0.2) is 48.9 Å². The number of urea groups is 1. The molecule has 0 atom stereocenters. The molecule has 1 aliphatic rings. The third-order valence-electron chi connectivity index (χ3n) is 4.73. The summed E-state index contributed by atoms with van der Waals surface area (Å²) in [4.78, 5) is 39.1. The Morgan fingerprint density at radius 2 is 1.90 bits per heavy atom. The van der Waals surface area contributed by atoms with Gasteiger partial charge in [-0.15, -0.1) is 11.3 Å². The molecule has 0 bridgehead atoms. The molecule has 0 unspecified atom stereocenters. The zero-order chi connectivity index (χ0) is 20.6. The van der Waals surface area contributed by atoms with E-state index in [2.05, 4.69) is 20.9 Å². The van der Waals surface area contributed by atoms with Gasteiger partial charge in [0.2, 0.25) is 5.91 Å². The Bertz CT molecular complexity index is 832. The zero-order valence-electron chi connectivity index (χ0n) is 16.4. The van der Waals surface area contributed by atoms with Gasteiger partial charge >= 0.3 is 6.03 Å². The van der Waals surface area contributed by atoms with Gasteiger partial charge in [0.05, 0.1) is 6.54 Å². The molecule has 154 valence electrons. The van der Waals surface area contributed by atoms with Crippen molar-refractivity contribution in [2.24, 2.45) is 0 Å². The Morgan fingerprint density at radius 3 is 2.52 bits per heavy atom. The predicted octanol–water partition coefficient (Wildman–Crippen LogP) is 2.14. The molecule has 7 nitrogen and oxygen atoms in total. The van der Waals surface area contributed by atoms with Crippen LogP contribution >= 0.6 is 11.3 Å². The van der Waals surface area contributed by atoms with Gasteiger partial charge in [0.25, 0.3) is 5.91 Å². The van der Waals surface area contributed by atoms with Crippen LogP contribution in [0.25, 0.3) is 0 Å². The number of carbonyl (C=O) groups excluding carboxylic acids is 3. The summed E-state index contributed by atoms with van der Waals surface area (Å²) in [6, 6.07) is 11.2. The van der Waals surface area contributed by atoms with Crippen LogP contribution in [0.5, 0.6) is 0 Å². The molecule has 4 amide bonds. The summed E-state index contributed by atoms with van der Waals surface area (Å²) < 4.78 is 0. The second kappa shape index (κ2) is 10.2. The number of amides is 4. The van der Waals surface area contributed by atoms with Crippen molar-refractivity contribution in [1.82, 2.24) is 20.9 Å². The average molecular weight is 415 g/mol. The van der Waals surface area contributed by atoms with Crippen LogP contribution in [0.4, 0.5) is 4.79 Å². The Kier molecular flexibility index (Phi) is 7.37. The number of hydrogen-bond donors (Lipinski definition) is 3. The van der Waals surface area contributed by atoms with Crippen LogP contribution < -0.4 is 16.0 Å². The van der Waals surface area contributed by atoms with Crippen molar-refractivity contribution in [1.29, 1.82) is 0 Å². The predicted molar refractivity (Wildman–Crippen MR) is 113 cm³/mol. The first-order chi connectivity index (χ1) is 14.0. The van der Waals surface area contributed by atoms with E-state index in [0.29, 0.717) is 24.7 Å². The van der Waals surface area contributed by atoms with Crippen molar-refractivity contribution in [2.45, 2.75) is 31.8 Å². The van der Waals surface area contributed by atoms with Crippen LogP contribution in [-0.2, 0) is 17.8 Å². The number of hydrogen-bond acceptors (Lipinski definition) is 5. The minimum Gasteiger partial charge on any atom is -0.355 e. The molecule has 1 aromatic carbocycles. The molecule has 1 aromatic heterocycles. The minimum atomic E-state index is -0.461. The van der Waals surface area contributed by atoms with E-state index in [9.17, 15) is 14.4 Å². The van der Waals surface area contributed by atoms with Crippen molar-refractivity contribution in [3.05, 3.63) is 57.8 Å². The van der Waals surface area contributed by atoms with Gasteiger partial charge in [0.15, 0.2) is 0 Å². The fraction of sp³-hybridized carbons (Fsp3) is 0.381. The molecule has 0 saturated heterocycles. The highest BCUT2D eigenvalue weighted by atomic mass is 32.1. The summed E-state index contributed by atoms with van der Waals surface area (Å²) in [5.74, 6) is -0.437. The van der Waals surface area contributed by atoms with E-state index in [1.165, 1.54) is 4.88 Å². The maximum Gasteiger partial charge on any atom is 0.321 e. The Hall–Kier alpha value is -2.71. The number of thiophene rings is 1. The van der Waals surface area contributed by atoms with Gasteiger partial charge in [-0.2, -0.15) is 0 Å².